The minimum absolute atomic E-state index is 0.136. The van der Waals surface area contributed by atoms with Crippen LogP contribution in [-0.2, 0) is 4.79 Å². The van der Waals surface area contributed by atoms with Gasteiger partial charge in [0.05, 0.1) is 6.54 Å². The Hall–Kier alpha value is -0.580. The van der Waals surface area contributed by atoms with Crippen LogP contribution in [0.1, 0.15) is 39.0 Å². The van der Waals surface area contributed by atoms with E-state index in [1.807, 2.05) is 0 Å². The van der Waals surface area contributed by atoms with E-state index in [0.717, 1.165) is 25.7 Å². The highest BCUT2D eigenvalue weighted by molar-refractivity contribution is 5.81. The first-order valence-electron chi connectivity index (χ1n) is 6.59. The molecule has 0 saturated heterocycles. The lowest BCUT2D eigenvalue weighted by Crippen LogP contribution is -2.39. The minimum atomic E-state index is -4.19. The number of ketones is 1. The van der Waals surface area contributed by atoms with Crippen molar-refractivity contribution in [3.05, 3.63) is 0 Å². The van der Waals surface area contributed by atoms with Crippen LogP contribution in [0.25, 0.3) is 0 Å². The molecule has 0 aromatic carbocycles. The van der Waals surface area contributed by atoms with Crippen molar-refractivity contribution in [1.82, 2.24) is 4.90 Å². The fraction of sp³-hybridized carbons (Fsp3) is 0.923. The number of Topliss-reactive ketones (excluding diaryl/α,β-unsaturated/α-hetero) is 1. The summed E-state index contributed by atoms with van der Waals surface area (Å²) in [5.41, 5.74) is 0. The standard InChI is InChI=1S/C13H22F3NO/c1-3-4-10-5-6-12(18)11(7-10)8-17(2)9-13(14,15)16/h10-11H,3-9H2,1-2H3. The average Bonchev–Trinajstić information content (AvgIpc) is 2.20. The Balaban J connectivity index is 2.45. The molecule has 0 radical (unpaired) electrons. The van der Waals surface area contributed by atoms with Crippen molar-refractivity contribution in [2.75, 3.05) is 20.1 Å². The maximum atomic E-state index is 12.2. The highest BCUT2D eigenvalue weighted by atomic mass is 19.4. The Morgan fingerprint density at radius 2 is 2.06 bits per heavy atom. The van der Waals surface area contributed by atoms with Crippen LogP contribution in [0, 0.1) is 11.8 Å². The van der Waals surface area contributed by atoms with Gasteiger partial charge in [-0.25, -0.2) is 0 Å². The summed E-state index contributed by atoms with van der Waals surface area (Å²) in [6.07, 6.45) is 0.169. The van der Waals surface area contributed by atoms with Gasteiger partial charge in [-0.15, -0.1) is 0 Å². The number of rotatable bonds is 5. The number of carbonyl (C=O) groups excluding carboxylic acids is 1. The van der Waals surface area contributed by atoms with E-state index in [1.54, 1.807) is 0 Å². The van der Waals surface area contributed by atoms with Crippen molar-refractivity contribution in [3.8, 4) is 0 Å². The first kappa shape index (κ1) is 15.5. The first-order valence-corrected chi connectivity index (χ1v) is 6.59. The molecule has 1 saturated carbocycles. The van der Waals surface area contributed by atoms with Gasteiger partial charge in [0.2, 0.25) is 0 Å². The molecule has 1 aliphatic carbocycles. The molecule has 2 unspecified atom stereocenters. The molecule has 0 amide bonds. The normalized spacial score (nSPS) is 25.8. The summed E-state index contributed by atoms with van der Waals surface area (Å²) in [5.74, 6) is 0.441. The van der Waals surface area contributed by atoms with E-state index >= 15 is 0 Å². The van der Waals surface area contributed by atoms with E-state index in [4.69, 9.17) is 0 Å². The van der Waals surface area contributed by atoms with Gasteiger partial charge in [0.25, 0.3) is 0 Å². The lowest BCUT2D eigenvalue weighted by atomic mass is 9.78. The second-order valence-corrected chi connectivity index (χ2v) is 5.40. The predicted octanol–water partition coefficient (Wildman–Crippen LogP) is 3.27. The summed E-state index contributed by atoms with van der Waals surface area (Å²) in [6, 6.07) is 0. The second kappa shape index (κ2) is 6.55. The zero-order valence-corrected chi connectivity index (χ0v) is 11.1. The van der Waals surface area contributed by atoms with Gasteiger partial charge in [-0.05, 0) is 25.8 Å². The molecule has 0 aliphatic heterocycles. The Morgan fingerprint density at radius 3 is 2.61 bits per heavy atom. The van der Waals surface area contributed by atoms with Crippen molar-refractivity contribution < 1.29 is 18.0 Å². The maximum absolute atomic E-state index is 12.2. The molecule has 1 fully saturated rings. The van der Waals surface area contributed by atoms with E-state index in [-0.39, 0.29) is 18.2 Å². The van der Waals surface area contributed by atoms with Crippen LogP contribution >= 0.6 is 0 Å². The molecule has 2 nitrogen and oxygen atoms in total. The Kier molecular flexibility index (Phi) is 5.63. The fourth-order valence-corrected chi connectivity index (χ4v) is 2.80. The molecule has 0 aromatic rings. The van der Waals surface area contributed by atoms with Crippen molar-refractivity contribution in [2.45, 2.75) is 45.2 Å². The molecule has 2 atom stereocenters. The van der Waals surface area contributed by atoms with Gasteiger partial charge in [-0.3, -0.25) is 9.69 Å². The van der Waals surface area contributed by atoms with Crippen molar-refractivity contribution >= 4 is 5.78 Å². The Labute approximate surface area is 107 Å². The summed E-state index contributed by atoms with van der Waals surface area (Å²) in [6.45, 7) is 1.40. The maximum Gasteiger partial charge on any atom is 0.401 e. The first-order chi connectivity index (χ1) is 8.31. The molecule has 0 bridgehead atoms. The third-order valence-corrected chi connectivity index (χ3v) is 3.55. The summed E-state index contributed by atoms with van der Waals surface area (Å²) in [5, 5.41) is 0. The summed E-state index contributed by atoms with van der Waals surface area (Å²) in [4.78, 5) is 13.0. The van der Waals surface area contributed by atoms with Gasteiger partial charge in [0.15, 0.2) is 0 Å². The van der Waals surface area contributed by atoms with E-state index in [0.29, 0.717) is 12.3 Å². The van der Waals surface area contributed by atoms with Crippen LogP contribution in [0.15, 0.2) is 0 Å². The Bertz CT molecular complexity index is 278. The molecular formula is C13H22F3NO. The summed E-state index contributed by atoms with van der Waals surface area (Å²) >= 11 is 0. The number of hydrogen-bond donors (Lipinski definition) is 0. The molecule has 1 rings (SSSR count). The van der Waals surface area contributed by atoms with E-state index < -0.39 is 12.7 Å². The second-order valence-electron chi connectivity index (χ2n) is 5.40. The quantitative estimate of drug-likeness (QED) is 0.760. The van der Waals surface area contributed by atoms with Crippen LogP contribution in [0.2, 0.25) is 0 Å². The largest absolute Gasteiger partial charge is 0.401 e. The van der Waals surface area contributed by atoms with Crippen molar-refractivity contribution in [1.29, 1.82) is 0 Å². The number of nitrogens with zero attached hydrogens (tertiary/aromatic N) is 1. The van der Waals surface area contributed by atoms with Crippen LogP contribution in [0.5, 0.6) is 0 Å². The van der Waals surface area contributed by atoms with Gasteiger partial charge in [-0.1, -0.05) is 19.8 Å². The topological polar surface area (TPSA) is 20.3 Å². The molecule has 106 valence electrons. The van der Waals surface area contributed by atoms with Crippen LogP contribution in [-0.4, -0.2) is 37.0 Å². The van der Waals surface area contributed by atoms with Gasteiger partial charge < -0.3 is 0 Å². The zero-order chi connectivity index (χ0) is 13.8. The molecular weight excluding hydrogens is 243 g/mol. The average molecular weight is 265 g/mol. The molecule has 1 aliphatic rings. The predicted molar refractivity (Wildman–Crippen MR) is 64.3 cm³/mol. The molecule has 0 heterocycles. The highest BCUT2D eigenvalue weighted by Gasteiger charge is 2.33. The van der Waals surface area contributed by atoms with Crippen molar-refractivity contribution in [2.24, 2.45) is 11.8 Å². The third-order valence-electron chi connectivity index (χ3n) is 3.55. The van der Waals surface area contributed by atoms with E-state index in [9.17, 15) is 18.0 Å². The van der Waals surface area contributed by atoms with Gasteiger partial charge in [0.1, 0.15) is 5.78 Å². The summed E-state index contributed by atoms with van der Waals surface area (Å²) in [7, 11) is 1.43. The van der Waals surface area contributed by atoms with Crippen LogP contribution in [0.3, 0.4) is 0 Å². The van der Waals surface area contributed by atoms with Crippen LogP contribution in [0.4, 0.5) is 13.2 Å². The molecule has 18 heavy (non-hydrogen) atoms. The summed E-state index contributed by atoms with van der Waals surface area (Å²) < 4.78 is 36.7. The molecule has 0 spiro atoms. The zero-order valence-electron chi connectivity index (χ0n) is 11.1. The Morgan fingerprint density at radius 1 is 1.39 bits per heavy atom. The van der Waals surface area contributed by atoms with E-state index in [1.165, 1.54) is 11.9 Å². The lowest BCUT2D eigenvalue weighted by molar-refractivity contribution is -0.147. The van der Waals surface area contributed by atoms with Crippen molar-refractivity contribution in [3.63, 3.8) is 0 Å². The monoisotopic (exact) mass is 265 g/mol. The number of hydrogen-bond acceptors (Lipinski definition) is 2. The van der Waals surface area contributed by atoms with Crippen LogP contribution < -0.4 is 0 Å². The lowest BCUT2D eigenvalue weighted by Gasteiger charge is -2.31. The molecule has 0 aromatic heterocycles. The third kappa shape index (κ3) is 5.38. The fourth-order valence-electron chi connectivity index (χ4n) is 2.80. The van der Waals surface area contributed by atoms with Gasteiger partial charge in [-0.2, -0.15) is 13.2 Å². The number of carbonyl (C=O) groups is 1. The molecule has 5 heteroatoms. The number of alkyl halides is 3. The van der Waals surface area contributed by atoms with E-state index in [2.05, 4.69) is 6.92 Å². The van der Waals surface area contributed by atoms with Gasteiger partial charge in [0, 0.05) is 18.9 Å². The smallest absolute Gasteiger partial charge is 0.299 e. The minimum Gasteiger partial charge on any atom is -0.299 e. The van der Waals surface area contributed by atoms with Gasteiger partial charge >= 0.3 is 6.18 Å². The highest BCUT2D eigenvalue weighted by Crippen LogP contribution is 2.30. The SMILES string of the molecule is CCCC1CCC(=O)C(CN(C)CC(F)(F)F)C1. The number of halogens is 3. The molecule has 0 N–H and O–H groups in total.